The first-order valence-electron chi connectivity index (χ1n) is 10.3. The number of hydrogen-bond donors (Lipinski definition) is 2. The van der Waals surface area contributed by atoms with Crippen LogP contribution in [0, 0.1) is 5.92 Å². The molecule has 0 radical (unpaired) electrons. The van der Waals surface area contributed by atoms with Crippen molar-refractivity contribution < 1.29 is 19.0 Å². The lowest BCUT2D eigenvalue weighted by atomic mass is 10.1. The fraction of sp³-hybridized carbons (Fsp3) is 0.435. The smallest absolute Gasteiger partial charge is 0.319 e. The lowest BCUT2D eigenvalue weighted by Crippen LogP contribution is -2.34. The highest BCUT2D eigenvalue weighted by atomic mass is 16.5. The Bertz CT molecular complexity index is 803. The van der Waals surface area contributed by atoms with Gasteiger partial charge in [0.25, 0.3) is 0 Å². The van der Waals surface area contributed by atoms with E-state index in [0.29, 0.717) is 25.7 Å². The van der Waals surface area contributed by atoms with Gasteiger partial charge < -0.3 is 29.7 Å². The Morgan fingerprint density at radius 3 is 2.43 bits per heavy atom. The second-order valence-corrected chi connectivity index (χ2v) is 7.34. The van der Waals surface area contributed by atoms with Crippen LogP contribution in [0.3, 0.4) is 0 Å². The number of methoxy groups -OCH3 is 2. The van der Waals surface area contributed by atoms with Crippen LogP contribution in [0.5, 0.6) is 11.5 Å². The Morgan fingerprint density at radius 1 is 1.10 bits per heavy atom. The number of nitrogens with one attached hydrogen (secondary N) is 2. The van der Waals surface area contributed by atoms with Crippen LogP contribution in [0.15, 0.2) is 42.5 Å². The van der Waals surface area contributed by atoms with Gasteiger partial charge in [-0.3, -0.25) is 0 Å². The van der Waals surface area contributed by atoms with Crippen molar-refractivity contribution in [3.63, 3.8) is 0 Å². The molecule has 0 saturated carbocycles. The molecule has 2 amide bonds. The molecule has 2 N–H and O–H groups in total. The number of amides is 2. The molecule has 2 aromatic rings. The number of carbonyl (C=O) groups is 1. The number of hydrogen-bond acceptors (Lipinski definition) is 5. The highest BCUT2D eigenvalue weighted by molar-refractivity contribution is 5.89. The molecule has 30 heavy (non-hydrogen) atoms. The molecule has 1 aliphatic heterocycles. The average molecular weight is 414 g/mol. The third kappa shape index (κ3) is 6.03. The molecular weight excluding hydrogens is 382 g/mol. The maximum atomic E-state index is 12.3. The van der Waals surface area contributed by atoms with Crippen LogP contribution in [-0.2, 0) is 11.3 Å². The number of nitrogens with zero attached hydrogens (tertiary/aromatic N) is 1. The molecule has 1 saturated heterocycles. The van der Waals surface area contributed by atoms with Crippen molar-refractivity contribution in [2.24, 2.45) is 5.92 Å². The van der Waals surface area contributed by atoms with Crippen molar-refractivity contribution in [2.75, 3.05) is 50.7 Å². The van der Waals surface area contributed by atoms with E-state index in [1.165, 1.54) is 0 Å². The van der Waals surface area contributed by atoms with E-state index < -0.39 is 0 Å². The van der Waals surface area contributed by atoms with E-state index in [1.54, 1.807) is 14.2 Å². The third-order valence-electron chi connectivity index (χ3n) is 5.22. The SMILES string of the molecule is CCOCc1ccc(NC(=O)NCC2CCN(c3cc(OC)cc(OC)c3)C2)cc1. The van der Waals surface area contributed by atoms with Gasteiger partial charge in [-0.15, -0.1) is 0 Å². The molecule has 7 heteroatoms. The van der Waals surface area contributed by atoms with Gasteiger partial charge in [-0.25, -0.2) is 4.79 Å². The number of carbonyl (C=O) groups excluding carboxylic acids is 1. The molecule has 162 valence electrons. The Kier molecular flexibility index (Phi) is 7.79. The molecule has 1 aliphatic rings. The van der Waals surface area contributed by atoms with Gasteiger partial charge in [-0.1, -0.05) is 12.1 Å². The van der Waals surface area contributed by atoms with E-state index >= 15 is 0 Å². The standard InChI is InChI=1S/C23H31N3O4/c1-4-30-16-17-5-7-19(8-6-17)25-23(27)24-14-18-9-10-26(15-18)20-11-21(28-2)13-22(12-20)29-3/h5-8,11-13,18H,4,9-10,14-16H2,1-3H3,(H2,24,25,27). The highest BCUT2D eigenvalue weighted by Crippen LogP contribution is 2.31. The quantitative estimate of drug-likeness (QED) is 0.653. The normalized spacial score (nSPS) is 15.7. The first kappa shape index (κ1) is 21.8. The summed E-state index contributed by atoms with van der Waals surface area (Å²) in [4.78, 5) is 14.5. The summed E-state index contributed by atoms with van der Waals surface area (Å²) in [6.45, 7) is 5.68. The van der Waals surface area contributed by atoms with Gasteiger partial charge in [0.2, 0.25) is 0 Å². The molecule has 0 aliphatic carbocycles. The lowest BCUT2D eigenvalue weighted by molar-refractivity contribution is 0.134. The van der Waals surface area contributed by atoms with E-state index in [9.17, 15) is 4.79 Å². The Balaban J connectivity index is 1.46. The summed E-state index contributed by atoms with van der Waals surface area (Å²) in [6.07, 6.45) is 1.02. The van der Waals surface area contributed by atoms with Crippen molar-refractivity contribution in [2.45, 2.75) is 20.0 Å². The van der Waals surface area contributed by atoms with Crippen molar-refractivity contribution in [1.82, 2.24) is 5.32 Å². The van der Waals surface area contributed by atoms with Crippen LogP contribution in [-0.4, -0.2) is 46.5 Å². The van der Waals surface area contributed by atoms with Crippen molar-refractivity contribution in [3.8, 4) is 11.5 Å². The van der Waals surface area contributed by atoms with Crippen LogP contribution >= 0.6 is 0 Å². The van der Waals surface area contributed by atoms with Gasteiger partial charge in [0.1, 0.15) is 11.5 Å². The summed E-state index contributed by atoms with van der Waals surface area (Å²) in [7, 11) is 3.31. The second-order valence-electron chi connectivity index (χ2n) is 7.34. The van der Waals surface area contributed by atoms with E-state index in [4.69, 9.17) is 14.2 Å². The number of rotatable bonds is 9. The van der Waals surface area contributed by atoms with Crippen LogP contribution in [0.25, 0.3) is 0 Å². The summed E-state index contributed by atoms with van der Waals surface area (Å²) < 4.78 is 16.1. The molecule has 0 bridgehead atoms. The van der Waals surface area contributed by atoms with Gasteiger partial charge in [-0.2, -0.15) is 0 Å². The summed E-state index contributed by atoms with van der Waals surface area (Å²) in [6, 6.07) is 13.4. The zero-order valence-electron chi connectivity index (χ0n) is 17.9. The minimum absolute atomic E-state index is 0.186. The Labute approximate surface area is 178 Å². The highest BCUT2D eigenvalue weighted by Gasteiger charge is 2.24. The largest absolute Gasteiger partial charge is 0.497 e. The molecule has 0 spiro atoms. The maximum Gasteiger partial charge on any atom is 0.319 e. The van der Waals surface area contributed by atoms with E-state index in [0.717, 1.165) is 47.9 Å². The van der Waals surface area contributed by atoms with Gasteiger partial charge in [-0.05, 0) is 37.0 Å². The predicted octanol–water partition coefficient (Wildman–Crippen LogP) is 3.89. The molecule has 1 fully saturated rings. The van der Waals surface area contributed by atoms with Gasteiger partial charge in [0.15, 0.2) is 0 Å². The fourth-order valence-electron chi connectivity index (χ4n) is 3.53. The lowest BCUT2D eigenvalue weighted by Gasteiger charge is -2.20. The first-order chi connectivity index (χ1) is 14.6. The maximum absolute atomic E-state index is 12.3. The van der Waals surface area contributed by atoms with E-state index in [2.05, 4.69) is 15.5 Å². The molecular formula is C23H31N3O4. The number of ether oxygens (including phenoxy) is 3. The Morgan fingerprint density at radius 2 is 1.80 bits per heavy atom. The molecule has 7 nitrogen and oxygen atoms in total. The predicted molar refractivity (Wildman–Crippen MR) is 119 cm³/mol. The van der Waals surface area contributed by atoms with Crippen molar-refractivity contribution in [3.05, 3.63) is 48.0 Å². The summed E-state index contributed by atoms with van der Waals surface area (Å²) >= 11 is 0. The van der Waals surface area contributed by atoms with Crippen molar-refractivity contribution >= 4 is 17.4 Å². The van der Waals surface area contributed by atoms with Crippen LogP contribution in [0.4, 0.5) is 16.2 Å². The van der Waals surface area contributed by atoms with Crippen LogP contribution in [0.2, 0.25) is 0 Å². The zero-order valence-corrected chi connectivity index (χ0v) is 17.9. The second kappa shape index (κ2) is 10.7. The molecule has 1 heterocycles. The zero-order chi connectivity index (χ0) is 21.3. The van der Waals surface area contributed by atoms with Crippen LogP contribution < -0.4 is 25.0 Å². The number of benzene rings is 2. The average Bonchev–Trinajstić information content (AvgIpc) is 3.26. The number of urea groups is 1. The van der Waals surface area contributed by atoms with Gasteiger partial charge in [0, 0.05) is 55.8 Å². The van der Waals surface area contributed by atoms with Gasteiger partial charge in [0.05, 0.1) is 20.8 Å². The molecule has 1 unspecified atom stereocenters. The Hall–Kier alpha value is -2.93. The topological polar surface area (TPSA) is 72.1 Å². The fourth-order valence-corrected chi connectivity index (χ4v) is 3.53. The summed E-state index contributed by atoms with van der Waals surface area (Å²) in [5.41, 5.74) is 2.93. The van der Waals surface area contributed by atoms with Crippen molar-refractivity contribution in [1.29, 1.82) is 0 Å². The summed E-state index contributed by atoms with van der Waals surface area (Å²) in [5, 5.41) is 5.87. The molecule has 0 aromatic heterocycles. The molecule has 3 rings (SSSR count). The number of anilines is 2. The minimum atomic E-state index is -0.186. The minimum Gasteiger partial charge on any atom is -0.497 e. The molecule has 2 aromatic carbocycles. The first-order valence-corrected chi connectivity index (χ1v) is 10.3. The van der Waals surface area contributed by atoms with Crippen LogP contribution in [0.1, 0.15) is 18.9 Å². The van der Waals surface area contributed by atoms with E-state index in [1.807, 2.05) is 49.4 Å². The molecule has 1 atom stereocenters. The monoisotopic (exact) mass is 413 g/mol. The summed E-state index contributed by atoms with van der Waals surface area (Å²) in [5.74, 6) is 1.94. The van der Waals surface area contributed by atoms with E-state index in [-0.39, 0.29) is 6.03 Å². The third-order valence-corrected chi connectivity index (χ3v) is 5.22. The van der Waals surface area contributed by atoms with Gasteiger partial charge >= 0.3 is 6.03 Å².